The fourth-order valence-corrected chi connectivity index (χ4v) is 3.06. The van der Waals surface area contributed by atoms with E-state index in [1.54, 1.807) is 42.5 Å². The highest BCUT2D eigenvalue weighted by atomic mass is 16.5. The number of nitrogens with zero attached hydrogens (tertiary/aromatic N) is 1. The fourth-order valence-electron chi connectivity index (χ4n) is 3.06. The molecule has 28 heavy (non-hydrogen) atoms. The second-order valence-electron chi connectivity index (χ2n) is 6.55. The molecule has 1 saturated heterocycles. The SMILES string of the molecule is CCCOc1ccccc1N1C(=O)CC(Nc2cccc(NC(C)=O)c2)C1=O. The second-order valence-corrected chi connectivity index (χ2v) is 6.55. The number of amides is 3. The zero-order chi connectivity index (χ0) is 20.1. The third-order valence-corrected chi connectivity index (χ3v) is 4.24. The van der Waals surface area contributed by atoms with Crippen LogP contribution in [0.1, 0.15) is 26.7 Å². The minimum atomic E-state index is -0.681. The molecule has 1 fully saturated rings. The molecule has 1 aliphatic rings. The summed E-state index contributed by atoms with van der Waals surface area (Å²) in [5.74, 6) is -0.283. The van der Waals surface area contributed by atoms with E-state index in [4.69, 9.17) is 4.74 Å². The number of anilines is 3. The molecule has 1 heterocycles. The highest BCUT2D eigenvalue weighted by molar-refractivity contribution is 6.23. The smallest absolute Gasteiger partial charge is 0.256 e. The van der Waals surface area contributed by atoms with Crippen LogP contribution in [0.3, 0.4) is 0 Å². The first-order chi connectivity index (χ1) is 13.5. The lowest BCUT2D eigenvalue weighted by molar-refractivity contribution is -0.121. The Labute approximate surface area is 163 Å². The summed E-state index contributed by atoms with van der Waals surface area (Å²) in [5, 5.41) is 5.79. The number of ether oxygens (including phenoxy) is 1. The third kappa shape index (κ3) is 4.31. The lowest BCUT2D eigenvalue weighted by Crippen LogP contribution is -2.35. The van der Waals surface area contributed by atoms with Crippen molar-refractivity contribution in [2.75, 3.05) is 22.1 Å². The maximum atomic E-state index is 12.9. The summed E-state index contributed by atoms with van der Waals surface area (Å²) < 4.78 is 5.69. The summed E-state index contributed by atoms with van der Waals surface area (Å²) in [6.45, 7) is 3.92. The molecule has 0 radical (unpaired) electrons. The number of para-hydroxylation sites is 2. The van der Waals surface area contributed by atoms with Gasteiger partial charge in [-0.05, 0) is 36.8 Å². The van der Waals surface area contributed by atoms with Crippen molar-refractivity contribution in [1.29, 1.82) is 0 Å². The van der Waals surface area contributed by atoms with Crippen molar-refractivity contribution >= 4 is 34.8 Å². The van der Waals surface area contributed by atoms with Crippen LogP contribution in [-0.4, -0.2) is 30.4 Å². The summed E-state index contributed by atoms with van der Waals surface area (Å²) >= 11 is 0. The van der Waals surface area contributed by atoms with Crippen LogP contribution in [0, 0.1) is 0 Å². The van der Waals surface area contributed by atoms with Gasteiger partial charge in [-0.15, -0.1) is 0 Å². The van der Waals surface area contributed by atoms with Crippen LogP contribution >= 0.6 is 0 Å². The standard InChI is InChI=1S/C21H23N3O4/c1-3-11-28-19-10-5-4-9-18(19)24-20(26)13-17(21(24)27)23-16-8-6-7-15(12-16)22-14(2)25/h4-10,12,17,23H,3,11,13H2,1-2H3,(H,22,25). The van der Waals surface area contributed by atoms with Crippen LogP contribution in [-0.2, 0) is 14.4 Å². The molecule has 3 rings (SSSR count). The van der Waals surface area contributed by atoms with E-state index >= 15 is 0 Å². The van der Waals surface area contributed by atoms with Crippen molar-refractivity contribution in [3.63, 3.8) is 0 Å². The van der Waals surface area contributed by atoms with Crippen molar-refractivity contribution in [3.05, 3.63) is 48.5 Å². The molecule has 2 N–H and O–H groups in total. The van der Waals surface area contributed by atoms with Gasteiger partial charge in [0.25, 0.3) is 5.91 Å². The Kier molecular flexibility index (Phi) is 5.93. The number of benzene rings is 2. The van der Waals surface area contributed by atoms with E-state index in [1.165, 1.54) is 11.8 Å². The van der Waals surface area contributed by atoms with Gasteiger partial charge in [-0.2, -0.15) is 0 Å². The predicted octanol–water partition coefficient (Wildman–Crippen LogP) is 3.18. The Morgan fingerprint density at radius 3 is 2.64 bits per heavy atom. The Morgan fingerprint density at radius 2 is 1.89 bits per heavy atom. The van der Waals surface area contributed by atoms with Gasteiger partial charge >= 0.3 is 0 Å². The zero-order valence-electron chi connectivity index (χ0n) is 15.9. The molecule has 0 spiro atoms. The molecule has 1 atom stereocenters. The van der Waals surface area contributed by atoms with Crippen molar-refractivity contribution in [2.45, 2.75) is 32.7 Å². The van der Waals surface area contributed by atoms with Gasteiger partial charge < -0.3 is 15.4 Å². The number of hydrogen-bond donors (Lipinski definition) is 2. The van der Waals surface area contributed by atoms with Gasteiger partial charge in [-0.25, -0.2) is 4.90 Å². The van der Waals surface area contributed by atoms with E-state index in [1.807, 2.05) is 13.0 Å². The van der Waals surface area contributed by atoms with E-state index in [-0.39, 0.29) is 24.1 Å². The maximum Gasteiger partial charge on any atom is 0.256 e. The topological polar surface area (TPSA) is 87.7 Å². The third-order valence-electron chi connectivity index (χ3n) is 4.24. The average molecular weight is 381 g/mol. The van der Waals surface area contributed by atoms with Crippen LogP contribution in [0.2, 0.25) is 0 Å². The molecular weight excluding hydrogens is 358 g/mol. The fraction of sp³-hybridized carbons (Fsp3) is 0.286. The minimum Gasteiger partial charge on any atom is -0.491 e. The summed E-state index contributed by atoms with van der Waals surface area (Å²) in [6, 6.07) is 13.4. The summed E-state index contributed by atoms with van der Waals surface area (Å²) in [6.07, 6.45) is 0.871. The van der Waals surface area contributed by atoms with Gasteiger partial charge in [0.15, 0.2) is 0 Å². The highest BCUT2D eigenvalue weighted by Gasteiger charge is 2.40. The van der Waals surface area contributed by atoms with Crippen LogP contribution in [0.4, 0.5) is 17.1 Å². The monoisotopic (exact) mass is 381 g/mol. The Balaban J connectivity index is 1.78. The van der Waals surface area contributed by atoms with Gasteiger partial charge in [-0.3, -0.25) is 14.4 Å². The minimum absolute atomic E-state index is 0.0469. The Bertz CT molecular complexity index is 897. The maximum absolute atomic E-state index is 12.9. The van der Waals surface area contributed by atoms with Crippen LogP contribution in [0.5, 0.6) is 5.75 Å². The largest absolute Gasteiger partial charge is 0.491 e. The van der Waals surface area contributed by atoms with Crippen LogP contribution < -0.4 is 20.3 Å². The molecule has 0 aromatic heterocycles. The first kappa shape index (κ1) is 19.4. The van der Waals surface area contributed by atoms with Gasteiger partial charge in [-0.1, -0.05) is 25.1 Å². The highest BCUT2D eigenvalue weighted by Crippen LogP contribution is 2.33. The Hall–Kier alpha value is -3.35. The van der Waals surface area contributed by atoms with Crippen LogP contribution in [0.25, 0.3) is 0 Å². The molecule has 1 unspecified atom stereocenters. The summed E-state index contributed by atoms with van der Waals surface area (Å²) in [5.41, 5.74) is 1.72. The van der Waals surface area contributed by atoms with Gasteiger partial charge in [0.05, 0.1) is 18.7 Å². The number of hydrogen-bond acceptors (Lipinski definition) is 5. The van der Waals surface area contributed by atoms with Crippen molar-refractivity contribution in [2.24, 2.45) is 0 Å². The molecule has 7 nitrogen and oxygen atoms in total. The van der Waals surface area contributed by atoms with Crippen molar-refractivity contribution in [1.82, 2.24) is 0 Å². The first-order valence-corrected chi connectivity index (χ1v) is 9.22. The quantitative estimate of drug-likeness (QED) is 0.719. The lowest BCUT2D eigenvalue weighted by atomic mass is 10.2. The molecule has 0 saturated carbocycles. The van der Waals surface area contributed by atoms with Crippen LogP contribution in [0.15, 0.2) is 48.5 Å². The molecule has 1 aliphatic heterocycles. The normalized spacial score (nSPS) is 16.2. The van der Waals surface area contributed by atoms with Gasteiger partial charge in [0.1, 0.15) is 11.8 Å². The number of imide groups is 1. The molecule has 2 aromatic rings. The summed E-state index contributed by atoms with van der Waals surface area (Å²) in [7, 11) is 0. The van der Waals surface area contributed by atoms with E-state index in [9.17, 15) is 14.4 Å². The molecule has 0 bridgehead atoms. The average Bonchev–Trinajstić information content (AvgIpc) is 2.93. The number of nitrogens with one attached hydrogen (secondary N) is 2. The molecule has 2 aromatic carbocycles. The molecular formula is C21H23N3O4. The predicted molar refractivity (Wildman–Crippen MR) is 107 cm³/mol. The van der Waals surface area contributed by atoms with E-state index in [2.05, 4.69) is 10.6 Å². The zero-order valence-corrected chi connectivity index (χ0v) is 15.9. The van der Waals surface area contributed by atoms with E-state index < -0.39 is 6.04 Å². The van der Waals surface area contributed by atoms with E-state index in [0.717, 1.165) is 6.42 Å². The van der Waals surface area contributed by atoms with E-state index in [0.29, 0.717) is 29.4 Å². The van der Waals surface area contributed by atoms with Gasteiger partial charge in [0.2, 0.25) is 11.8 Å². The number of rotatable bonds is 7. The number of carbonyl (C=O) groups excluding carboxylic acids is 3. The molecule has 146 valence electrons. The summed E-state index contributed by atoms with van der Waals surface area (Å²) in [4.78, 5) is 37.9. The molecule has 0 aliphatic carbocycles. The lowest BCUT2D eigenvalue weighted by Gasteiger charge is -2.19. The Morgan fingerprint density at radius 1 is 1.14 bits per heavy atom. The van der Waals surface area contributed by atoms with Crippen molar-refractivity contribution in [3.8, 4) is 5.75 Å². The van der Waals surface area contributed by atoms with Crippen molar-refractivity contribution < 1.29 is 19.1 Å². The molecule has 3 amide bonds. The molecule has 7 heteroatoms. The first-order valence-electron chi connectivity index (χ1n) is 9.22. The number of carbonyl (C=O) groups is 3. The van der Waals surface area contributed by atoms with Gasteiger partial charge in [0, 0.05) is 18.3 Å². The second kappa shape index (κ2) is 8.56.